The van der Waals surface area contributed by atoms with Crippen LogP contribution in [0.5, 0.6) is 0 Å². The van der Waals surface area contributed by atoms with Gasteiger partial charge < -0.3 is 19.6 Å². The highest BCUT2D eigenvalue weighted by molar-refractivity contribution is 6.30. The van der Waals surface area contributed by atoms with E-state index in [2.05, 4.69) is 20.3 Å². The minimum atomic E-state index is -0.764. The Kier molecular flexibility index (Phi) is 5.56. The third kappa shape index (κ3) is 4.07. The molecule has 0 saturated carbocycles. The first-order valence-corrected chi connectivity index (χ1v) is 9.75. The molecule has 1 aliphatic rings. The zero-order valence-corrected chi connectivity index (χ0v) is 17.1. The summed E-state index contributed by atoms with van der Waals surface area (Å²) in [6.07, 6.45) is 1.84. The minimum absolute atomic E-state index is 0.101. The predicted molar refractivity (Wildman–Crippen MR) is 110 cm³/mol. The number of carbonyl (C=O) groups excluding carboxylic acids is 1. The number of carbonyl (C=O) groups is 1. The molecule has 0 aliphatic carbocycles. The topological polar surface area (TPSA) is 114 Å². The second-order valence-electron chi connectivity index (χ2n) is 6.93. The Morgan fingerprint density at radius 1 is 1.23 bits per heavy atom. The highest BCUT2D eigenvalue weighted by Crippen LogP contribution is 2.27. The number of cyclic esters (lactones) is 1. The van der Waals surface area contributed by atoms with Gasteiger partial charge in [-0.25, -0.2) is 14.8 Å². The van der Waals surface area contributed by atoms with Crippen LogP contribution in [0.15, 0.2) is 47.1 Å². The lowest BCUT2D eigenvalue weighted by Gasteiger charge is -2.22. The van der Waals surface area contributed by atoms with Gasteiger partial charge in [-0.2, -0.15) is 4.98 Å². The summed E-state index contributed by atoms with van der Waals surface area (Å²) in [4.78, 5) is 26.3. The van der Waals surface area contributed by atoms with Gasteiger partial charge in [-0.1, -0.05) is 11.6 Å². The molecule has 0 spiro atoms. The number of ether oxygens (including phenoxy) is 1. The lowest BCUT2D eigenvalue weighted by atomic mass is 10.2. The molecule has 2 aromatic heterocycles. The van der Waals surface area contributed by atoms with Crippen LogP contribution in [0.4, 0.5) is 16.6 Å². The lowest BCUT2D eigenvalue weighted by molar-refractivity contribution is 0.142. The molecule has 2 N–H and O–H groups in total. The van der Waals surface area contributed by atoms with Crippen LogP contribution in [0, 0.1) is 0 Å². The standard InChI is InChI=1S/C20H20ClN5O4/c1-11(18-23-9-16(30-18)13-3-5-14(21)6-4-13)24-19-22-8-7-17(25-19)26-15(12(2)27)10-29-20(26)28/h3-9,11-12,15,27H,10H2,1-2H3,(H,22,24,25)/t11-,12+,15?/m0/s1. The summed E-state index contributed by atoms with van der Waals surface area (Å²) in [5.41, 5.74) is 0.861. The van der Waals surface area contributed by atoms with Gasteiger partial charge in [0.25, 0.3) is 0 Å². The molecule has 1 aliphatic heterocycles. The van der Waals surface area contributed by atoms with Crippen LogP contribution in [-0.2, 0) is 4.74 Å². The van der Waals surface area contributed by atoms with Gasteiger partial charge in [0.1, 0.15) is 24.5 Å². The van der Waals surface area contributed by atoms with Crippen LogP contribution in [0.1, 0.15) is 25.8 Å². The van der Waals surface area contributed by atoms with E-state index in [1.165, 1.54) is 11.1 Å². The summed E-state index contributed by atoms with van der Waals surface area (Å²) >= 11 is 5.92. The number of aliphatic hydroxyl groups is 1. The molecule has 1 unspecified atom stereocenters. The van der Waals surface area contributed by atoms with Crippen molar-refractivity contribution in [1.29, 1.82) is 0 Å². The van der Waals surface area contributed by atoms with E-state index >= 15 is 0 Å². The van der Waals surface area contributed by atoms with Crippen molar-refractivity contribution in [3.63, 3.8) is 0 Å². The average Bonchev–Trinajstić information content (AvgIpc) is 3.36. The Labute approximate surface area is 177 Å². The SMILES string of the molecule is C[C@H](Nc1nccc(N2C(=O)OCC2[C@@H](C)O)n1)c1ncc(-c2ccc(Cl)cc2)o1. The van der Waals surface area contributed by atoms with Crippen LogP contribution in [-0.4, -0.2) is 44.9 Å². The molecule has 4 rings (SSSR count). The molecule has 3 aromatic rings. The van der Waals surface area contributed by atoms with Crippen molar-refractivity contribution >= 4 is 29.5 Å². The molecule has 1 saturated heterocycles. The molecule has 9 nitrogen and oxygen atoms in total. The molecule has 1 fully saturated rings. The maximum atomic E-state index is 12.1. The number of aromatic nitrogens is 3. The fourth-order valence-corrected chi connectivity index (χ4v) is 3.22. The van der Waals surface area contributed by atoms with Crippen LogP contribution in [0.2, 0.25) is 5.02 Å². The van der Waals surface area contributed by atoms with E-state index in [1.807, 2.05) is 19.1 Å². The largest absolute Gasteiger partial charge is 0.447 e. The summed E-state index contributed by atoms with van der Waals surface area (Å²) in [6, 6.07) is 8.01. The van der Waals surface area contributed by atoms with Gasteiger partial charge >= 0.3 is 6.09 Å². The van der Waals surface area contributed by atoms with E-state index in [0.717, 1.165) is 5.56 Å². The minimum Gasteiger partial charge on any atom is -0.447 e. The fourth-order valence-electron chi connectivity index (χ4n) is 3.10. The van der Waals surface area contributed by atoms with Gasteiger partial charge in [0.2, 0.25) is 11.8 Å². The molecule has 3 heterocycles. The summed E-state index contributed by atoms with van der Waals surface area (Å²) in [7, 11) is 0. The van der Waals surface area contributed by atoms with Gasteiger partial charge in [-0.3, -0.25) is 4.90 Å². The molecule has 0 bridgehead atoms. The number of halogens is 1. The molecular weight excluding hydrogens is 410 g/mol. The number of hydrogen-bond donors (Lipinski definition) is 2. The van der Waals surface area contributed by atoms with Crippen molar-refractivity contribution in [3.8, 4) is 11.3 Å². The molecule has 1 amide bonds. The number of benzene rings is 1. The second-order valence-corrected chi connectivity index (χ2v) is 7.37. The number of nitrogens with zero attached hydrogens (tertiary/aromatic N) is 4. The van der Waals surface area contributed by atoms with Crippen LogP contribution in [0.3, 0.4) is 0 Å². The van der Waals surface area contributed by atoms with Crippen LogP contribution < -0.4 is 10.2 Å². The van der Waals surface area contributed by atoms with Gasteiger partial charge in [-0.15, -0.1) is 0 Å². The Morgan fingerprint density at radius 3 is 2.73 bits per heavy atom. The van der Waals surface area contributed by atoms with Crippen molar-refractivity contribution < 1.29 is 19.1 Å². The maximum Gasteiger partial charge on any atom is 0.416 e. The maximum absolute atomic E-state index is 12.1. The number of nitrogens with one attached hydrogen (secondary N) is 1. The zero-order chi connectivity index (χ0) is 21.3. The third-order valence-corrected chi connectivity index (χ3v) is 4.97. The summed E-state index contributed by atoms with van der Waals surface area (Å²) in [5, 5.41) is 13.7. The Hall–Kier alpha value is -3.17. The number of rotatable bonds is 6. The van der Waals surface area contributed by atoms with Crippen molar-refractivity contribution in [3.05, 3.63) is 53.6 Å². The van der Waals surface area contributed by atoms with Gasteiger partial charge in [-0.05, 0) is 44.2 Å². The molecule has 1 aromatic carbocycles. The van der Waals surface area contributed by atoms with E-state index in [0.29, 0.717) is 22.5 Å². The summed E-state index contributed by atoms with van der Waals surface area (Å²) < 4.78 is 10.9. The quantitative estimate of drug-likeness (QED) is 0.610. The van der Waals surface area contributed by atoms with E-state index < -0.39 is 18.2 Å². The number of anilines is 2. The lowest BCUT2D eigenvalue weighted by Crippen LogP contribution is -2.41. The summed E-state index contributed by atoms with van der Waals surface area (Å²) in [5.74, 6) is 1.69. The van der Waals surface area contributed by atoms with Crippen molar-refractivity contribution in [2.75, 3.05) is 16.8 Å². The Balaban J connectivity index is 1.50. The van der Waals surface area contributed by atoms with Crippen LogP contribution in [0.25, 0.3) is 11.3 Å². The number of hydrogen-bond acceptors (Lipinski definition) is 8. The average molecular weight is 430 g/mol. The highest BCUT2D eigenvalue weighted by atomic mass is 35.5. The van der Waals surface area contributed by atoms with Gasteiger partial charge in [0.15, 0.2) is 5.76 Å². The second kappa shape index (κ2) is 8.29. The number of oxazole rings is 1. The van der Waals surface area contributed by atoms with Gasteiger partial charge in [0, 0.05) is 16.8 Å². The monoisotopic (exact) mass is 429 g/mol. The van der Waals surface area contributed by atoms with Crippen molar-refractivity contribution in [1.82, 2.24) is 15.0 Å². The Bertz CT molecular complexity index is 1040. The first-order chi connectivity index (χ1) is 14.4. The molecule has 10 heteroatoms. The van der Waals surface area contributed by atoms with E-state index in [1.54, 1.807) is 31.3 Å². The van der Waals surface area contributed by atoms with Crippen molar-refractivity contribution in [2.45, 2.75) is 32.0 Å². The molecular formula is C20H20ClN5O4. The first-order valence-electron chi connectivity index (χ1n) is 9.37. The smallest absolute Gasteiger partial charge is 0.416 e. The van der Waals surface area contributed by atoms with E-state index in [9.17, 15) is 9.90 Å². The Morgan fingerprint density at radius 2 is 2.00 bits per heavy atom. The normalized spacial score (nSPS) is 18.2. The molecule has 156 valence electrons. The molecule has 3 atom stereocenters. The van der Waals surface area contributed by atoms with Gasteiger partial charge in [0.05, 0.1) is 12.3 Å². The zero-order valence-electron chi connectivity index (χ0n) is 16.3. The number of aliphatic hydroxyl groups excluding tert-OH is 1. The molecule has 0 radical (unpaired) electrons. The highest BCUT2D eigenvalue weighted by Gasteiger charge is 2.38. The van der Waals surface area contributed by atoms with Crippen LogP contribution >= 0.6 is 11.6 Å². The fraction of sp³-hybridized carbons (Fsp3) is 0.300. The third-order valence-electron chi connectivity index (χ3n) is 4.72. The van der Waals surface area contributed by atoms with Crippen molar-refractivity contribution in [2.24, 2.45) is 0 Å². The predicted octanol–water partition coefficient (Wildman–Crippen LogP) is 3.66. The summed E-state index contributed by atoms with van der Waals surface area (Å²) in [6.45, 7) is 3.56. The first kappa shape index (κ1) is 20.1. The number of amides is 1. The molecule has 30 heavy (non-hydrogen) atoms. The van der Waals surface area contributed by atoms with E-state index in [4.69, 9.17) is 20.8 Å². The van der Waals surface area contributed by atoms with E-state index in [-0.39, 0.29) is 18.6 Å².